The first kappa shape index (κ1) is 45.6. The first-order valence-corrected chi connectivity index (χ1v) is 26.0. The van der Waals surface area contributed by atoms with Crippen molar-refractivity contribution in [2.24, 2.45) is 56.7 Å². The quantitative estimate of drug-likeness (QED) is 0.185. The van der Waals surface area contributed by atoms with Crippen molar-refractivity contribution in [1.82, 2.24) is 10.3 Å². The number of allylic oxidation sites excluding steroid dienone is 5. The predicted molar refractivity (Wildman–Crippen MR) is 244 cm³/mol. The Hall–Kier alpha value is -3.00. The summed E-state index contributed by atoms with van der Waals surface area (Å²) < 4.78 is 30.4. The van der Waals surface area contributed by atoms with Crippen LogP contribution in [0.1, 0.15) is 156 Å². The van der Waals surface area contributed by atoms with Gasteiger partial charge in [-0.1, -0.05) is 58.9 Å². The highest BCUT2D eigenvalue weighted by molar-refractivity contribution is 7.91. The van der Waals surface area contributed by atoms with Crippen molar-refractivity contribution in [2.75, 3.05) is 19.4 Å². The number of aliphatic hydroxyl groups is 1. The van der Waals surface area contributed by atoms with E-state index in [9.17, 15) is 28.7 Å². The number of nitrogens with zero attached hydrogens (tertiary/aromatic N) is 2. The fraction of sp³-hybridized carbons (Fsp3) is 0.750. The van der Waals surface area contributed by atoms with Crippen LogP contribution in [-0.2, 0) is 14.6 Å². The van der Waals surface area contributed by atoms with Gasteiger partial charge in [0.1, 0.15) is 33.5 Å². The van der Waals surface area contributed by atoms with Crippen molar-refractivity contribution in [2.45, 2.75) is 167 Å². The van der Waals surface area contributed by atoms with Gasteiger partial charge in [-0.15, -0.1) is 0 Å². The molecule has 0 spiro atoms. The minimum atomic E-state index is -3.08. The Labute approximate surface area is 372 Å². The molecule has 0 radical (unpaired) electrons. The van der Waals surface area contributed by atoms with E-state index >= 15 is 0 Å². The molecule has 3 N–H and O–H groups in total. The lowest BCUT2D eigenvalue weighted by atomic mass is 9.33. The fourth-order valence-corrected chi connectivity index (χ4v) is 17.4. The molecule has 10 atom stereocenters. The van der Waals surface area contributed by atoms with Gasteiger partial charge in [0.05, 0.1) is 10.9 Å². The highest BCUT2D eigenvalue weighted by Gasteiger charge is 2.70. The number of carboxylic acid groups (broad SMARTS) is 1. The highest BCUT2D eigenvalue weighted by atomic mass is 32.2. The maximum atomic E-state index is 12.8. The Morgan fingerprint density at radius 3 is 2.34 bits per heavy atom. The van der Waals surface area contributed by atoms with E-state index in [0.717, 1.165) is 25.8 Å². The minimum absolute atomic E-state index is 0.0230. The summed E-state index contributed by atoms with van der Waals surface area (Å²) >= 11 is 0. The Balaban J connectivity index is 0.998. The van der Waals surface area contributed by atoms with Crippen molar-refractivity contribution in [3.05, 3.63) is 59.3 Å². The Morgan fingerprint density at radius 1 is 0.952 bits per heavy atom. The average Bonchev–Trinajstić information content (AvgIpc) is 3.60. The first-order chi connectivity index (χ1) is 29.1. The van der Waals surface area contributed by atoms with Gasteiger partial charge in [0.2, 0.25) is 5.88 Å². The lowest BCUT2D eigenvalue weighted by molar-refractivity contribution is -0.221. The summed E-state index contributed by atoms with van der Waals surface area (Å²) in [5.41, 5.74) is 3.02. The van der Waals surface area contributed by atoms with E-state index in [2.05, 4.69) is 76.6 Å². The molecule has 8 rings (SSSR count). The number of rotatable bonds is 11. The summed E-state index contributed by atoms with van der Waals surface area (Å²) in [6, 6.07) is 5.42. The first-order valence-electron chi connectivity index (χ1n) is 24.0. The van der Waals surface area contributed by atoms with E-state index in [-0.39, 0.29) is 44.9 Å². The largest absolute Gasteiger partial charge is 0.481 e. The number of carbonyl (C=O) groups is 1. The third-order valence-electron chi connectivity index (χ3n) is 20.0. The van der Waals surface area contributed by atoms with E-state index in [1.165, 1.54) is 61.5 Å². The third-order valence-corrected chi connectivity index (χ3v) is 21.7. The van der Waals surface area contributed by atoms with Gasteiger partial charge in [-0.25, -0.2) is 13.4 Å². The average molecular weight is 870 g/mol. The number of nitriles is 1. The van der Waals surface area contributed by atoms with Gasteiger partial charge in [-0.3, -0.25) is 4.79 Å². The van der Waals surface area contributed by atoms with E-state index in [1.54, 1.807) is 18.3 Å². The minimum Gasteiger partial charge on any atom is -0.481 e. The van der Waals surface area contributed by atoms with Gasteiger partial charge < -0.3 is 20.3 Å². The number of aromatic nitrogens is 1. The van der Waals surface area contributed by atoms with E-state index in [1.807, 2.05) is 0 Å². The number of hydrogen-bond donors (Lipinski definition) is 3. The number of sulfone groups is 1. The smallest absolute Gasteiger partial charge is 0.313 e. The normalized spacial score (nSPS) is 42.4. The molecule has 340 valence electrons. The molecule has 0 aliphatic heterocycles. The molecule has 1 aromatic heterocycles. The lowest BCUT2D eigenvalue weighted by Gasteiger charge is -2.72. The maximum absolute atomic E-state index is 12.8. The molecule has 1 unspecified atom stereocenters. The van der Waals surface area contributed by atoms with Crippen molar-refractivity contribution < 1.29 is 28.2 Å². The molecule has 9 nitrogen and oxygen atoms in total. The van der Waals surface area contributed by atoms with E-state index < -0.39 is 26.8 Å². The van der Waals surface area contributed by atoms with Gasteiger partial charge in [-0.05, 0) is 197 Å². The third kappa shape index (κ3) is 7.25. The molecule has 5 fully saturated rings. The van der Waals surface area contributed by atoms with Crippen LogP contribution in [0, 0.1) is 68.0 Å². The zero-order valence-electron chi connectivity index (χ0n) is 38.8. The molecule has 1 heterocycles. The number of pyridine rings is 1. The summed E-state index contributed by atoms with van der Waals surface area (Å²) in [5.74, 6) is 2.06. The van der Waals surface area contributed by atoms with Gasteiger partial charge in [0.15, 0.2) is 0 Å². The van der Waals surface area contributed by atoms with Crippen LogP contribution < -0.4 is 10.1 Å². The zero-order valence-corrected chi connectivity index (χ0v) is 39.6. The number of hydrogen-bond acceptors (Lipinski definition) is 8. The van der Waals surface area contributed by atoms with Crippen LogP contribution >= 0.6 is 0 Å². The molecule has 7 aliphatic rings. The van der Waals surface area contributed by atoms with Gasteiger partial charge in [-0.2, -0.15) is 5.26 Å². The summed E-state index contributed by atoms with van der Waals surface area (Å²) in [4.78, 5) is 17.0. The number of aliphatic carboxylic acids is 1. The van der Waals surface area contributed by atoms with Crippen LogP contribution in [0.5, 0.6) is 5.88 Å². The zero-order chi connectivity index (χ0) is 44.7. The Kier molecular flexibility index (Phi) is 11.7. The molecule has 1 aromatic rings. The Bertz CT molecular complexity index is 2170. The predicted octanol–water partition coefficient (Wildman–Crippen LogP) is 10.2. The standard InChI is InChI=1S/C52H75N3O6S/c1-34(2)38-17-26-52(55-31-29-51(58)24-15-37(16-25-51)62(8,59)60)28-27-48(6)40(43(38)52)11-12-42-47(5)20-18-39(46(3,4)41(47)19-21-49(42,48)7)35-13-22-50(23-14-35,45(56)57)33-61-44-36(32-53)10-9-30-54-44/h9-10,13,18,30,37-38,40-43,55,58H,1,11-12,14-17,19-29,31,33H2,2-8H3,(H,56,57)/t37?,38-,40+,41-,42+,43+,47-,48+,49+,50?,51?,52-/m0/s1. The summed E-state index contributed by atoms with van der Waals surface area (Å²) in [5, 5.41) is 35.5. The highest BCUT2D eigenvalue weighted by Crippen LogP contribution is 2.76. The SMILES string of the molecule is C=C(C)[C@@H]1CC[C@]2(NCCC3(O)CCC(S(C)(=O)=O)CC3)CC[C@]3(C)[C@H](CC[C@@H]4[C@@]5(C)CC=C(C6=CCC(COc7ncccc7C#N)(C(=O)O)CC6)C(C)(C)[C@@H]5CC[C@]43C)[C@@H]12. The van der Waals surface area contributed by atoms with E-state index in [4.69, 9.17) is 4.74 Å². The fourth-order valence-electron chi connectivity index (χ4n) is 16.3. The second kappa shape index (κ2) is 15.9. The molecular formula is C52H75N3O6S. The van der Waals surface area contributed by atoms with Crippen LogP contribution in [0.3, 0.4) is 0 Å². The number of ether oxygens (including phenoxy) is 1. The summed E-state index contributed by atoms with van der Waals surface area (Å²) in [7, 11) is -3.08. The lowest BCUT2D eigenvalue weighted by Crippen LogP contribution is -2.68. The summed E-state index contributed by atoms with van der Waals surface area (Å²) in [6.07, 6.45) is 22.7. The van der Waals surface area contributed by atoms with Crippen LogP contribution in [0.25, 0.3) is 0 Å². The number of nitrogens with one attached hydrogen (secondary N) is 1. The number of carboxylic acids is 1. The second-order valence-electron chi connectivity index (χ2n) is 23.1. The van der Waals surface area contributed by atoms with Crippen molar-refractivity contribution >= 4 is 15.8 Å². The molecule has 62 heavy (non-hydrogen) atoms. The van der Waals surface area contributed by atoms with Crippen molar-refractivity contribution in [3.8, 4) is 11.9 Å². The molecule has 0 saturated heterocycles. The molecule has 10 heteroatoms. The molecule has 5 saturated carbocycles. The van der Waals surface area contributed by atoms with E-state index in [0.29, 0.717) is 86.5 Å². The molecule has 7 aliphatic carbocycles. The van der Waals surface area contributed by atoms with Gasteiger partial charge in [0, 0.05) is 18.0 Å². The van der Waals surface area contributed by atoms with Crippen LogP contribution in [-0.4, -0.2) is 65.4 Å². The summed E-state index contributed by atoms with van der Waals surface area (Å²) in [6.45, 7) is 20.5. The van der Waals surface area contributed by atoms with Gasteiger partial charge >= 0.3 is 5.97 Å². The molecule has 0 bridgehead atoms. The van der Waals surface area contributed by atoms with Crippen LogP contribution in [0.2, 0.25) is 0 Å². The van der Waals surface area contributed by atoms with Crippen molar-refractivity contribution in [3.63, 3.8) is 0 Å². The maximum Gasteiger partial charge on any atom is 0.313 e. The number of fused-ring (bicyclic) bond motifs is 7. The Morgan fingerprint density at radius 2 is 1.69 bits per heavy atom. The van der Waals surface area contributed by atoms with Crippen molar-refractivity contribution in [1.29, 1.82) is 5.26 Å². The second-order valence-corrected chi connectivity index (χ2v) is 25.4. The molecule has 0 aromatic carbocycles. The van der Waals surface area contributed by atoms with Gasteiger partial charge in [0.25, 0.3) is 0 Å². The molecular weight excluding hydrogens is 795 g/mol. The molecule has 0 amide bonds. The van der Waals surface area contributed by atoms with Crippen LogP contribution in [0.4, 0.5) is 0 Å². The topological polar surface area (TPSA) is 150 Å². The van der Waals surface area contributed by atoms with Crippen LogP contribution in [0.15, 0.2) is 53.8 Å². The monoisotopic (exact) mass is 870 g/mol.